The van der Waals surface area contributed by atoms with Gasteiger partial charge in [-0.25, -0.2) is 0 Å². The number of rotatable bonds is 9. The smallest absolute Gasteiger partial charge is 0.314 e. The van der Waals surface area contributed by atoms with E-state index in [0.717, 1.165) is 36.7 Å². The van der Waals surface area contributed by atoms with Gasteiger partial charge in [0.25, 0.3) is 0 Å². The Balaban J connectivity index is 1.27. The minimum absolute atomic E-state index is 0.0282. The molecule has 0 radical (unpaired) electrons. The average Bonchev–Trinajstić information content (AvgIpc) is 2.87. The van der Waals surface area contributed by atoms with Crippen molar-refractivity contribution >= 4 is 5.97 Å². The molecule has 4 nitrogen and oxygen atoms in total. The zero-order chi connectivity index (χ0) is 24.8. The molecule has 2 aromatic carbocycles. The molecule has 4 rings (SSSR count). The zero-order valence-corrected chi connectivity index (χ0v) is 20.7. The van der Waals surface area contributed by atoms with E-state index in [1.807, 2.05) is 0 Å². The summed E-state index contributed by atoms with van der Waals surface area (Å²) in [6, 6.07) is 9.66. The Hall–Kier alpha value is -2.63. The van der Waals surface area contributed by atoms with Crippen molar-refractivity contribution < 1.29 is 27.8 Å². The van der Waals surface area contributed by atoms with Crippen LogP contribution < -0.4 is 14.2 Å². The van der Waals surface area contributed by atoms with Crippen molar-refractivity contribution in [3.8, 4) is 17.2 Å². The van der Waals surface area contributed by atoms with Crippen LogP contribution in [0, 0.1) is 35.3 Å². The predicted octanol–water partition coefficient (Wildman–Crippen LogP) is 7.48. The summed E-state index contributed by atoms with van der Waals surface area (Å²) in [6.07, 6.45) is 9.45. The van der Waals surface area contributed by atoms with Crippen molar-refractivity contribution in [3.05, 3.63) is 53.6 Å². The van der Waals surface area contributed by atoms with Gasteiger partial charge >= 0.3 is 5.97 Å². The minimum atomic E-state index is -1.07. The Labute approximate surface area is 207 Å². The van der Waals surface area contributed by atoms with Crippen LogP contribution in [0.15, 0.2) is 36.4 Å². The van der Waals surface area contributed by atoms with Crippen molar-refractivity contribution in [2.24, 2.45) is 23.7 Å². The molecule has 0 aromatic heterocycles. The van der Waals surface area contributed by atoms with Crippen molar-refractivity contribution in [1.82, 2.24) is 0 Å². The Morgan fingerprint density at radius 1 is 0.857 bits per heavy atom. The summed E-state index contributed by atoms with van der Waals surface area (Å²) in [7, 11) is 0. The Morgan fingerprint density at radius 2 is 1.51 bits per heavy atom. The van der Waals surface area contributed by atoms with Gasteiger partial charge in [-0.15, -0.1) is 0 Å². The molecule has 0 saturated heterocycles. The standard InChI is InChI=1S/C29H36F2O4/c1-3-5-19-6-9-22-17-23(11-10-21(22)16-19)29(32)35-24-12-7-20(8-13-24)18-34-26-15-14-25(33-4-2)27(30)28(26)31/h7-8,12-15,19,21-23H,3-6,9-11,16-18H2,1-2H3. The fourth-order valence-electron chi connectivity index (χ4n) is 5.78. The number of carbonyl (C=O) groups is 1. The Kier molecular flexibility index (Phi) is 8.64. The molecule has 2 saturated carbocycles. The van der Waals surface area contributed by atoms with Crippen LogP contribution in [0.2, 0.25) is 0 Å². The maximum Gasteiger partial charge on any atom is 0.314 e. The maximum atomic E-state index is 14.2. The molecule has 190 valence electrons. The number of halogens is 2. The van der Waals surface area contributed by atoms with Crippen LogP contribution in [-0.2, 0) is 11.4 Å². The van der Waals surface area contributed by atoms with Gasteiger partial charge in [0.1, 0.15) is 12.4 Å². The average molecular weight is 487 g/mol. The second-order valence-electron chi connectivity index (χ2n) is 9.97. The topological polar surface area (TPSA) is 44.8 Å². The third kappa shape index (κ3) is 6.33. The Bertz CT molecular complexity index is 991. The van der Waals surface area contributed by atoms with Gasteiger partial charge < -0.3 is 14.2 Å². The number of carbonyl (C=O) groups excluding carboxylic acids is 1. The summed E-state index contributed by atoms with van der Waals surface area (Å²) >= 11 is 0. The molecule has 4 unspecified atom stereocenters. The van der Waals surface area contributed by atoms with Crippen LogP contribution in [-0.4, -0.2) is 12.6 Å². The van der Waals surface area contributed by atoms with Crippen LogP contribution in [0.3, 0.4) is 0 Å². The normalized spacial score (nSPS) is 23.9. The molecule has 0 heterocycles. The van der Waals surface area contributed by atoms with Gasteiger partial charge in [-0.1, -0.05) is 38.3 Å². The second-order valence-corrected chi connectivity index (χ2v) is 9.97. The van der Waals surface area contributed by atoms with Crippen molar-refractivity contribution in [2.45, 2.75) is 71.8 Å². The molecule has 0 bridgehead atoms. The van der Waals surface area contributed by atoms with E-state index in [4.69, 9.17) is 14.2 Å². The van der Waals surface area contributed by atoms with Gasteiger partial charge in [-0.3, -0.25) is 4.79 Å². The van der Waals surface area contributed by atoms with Gasteiger partial charge in [-0.05, 0) is 86.6 Å². The summed E-state index contributed by atoms with van der Waals surface area (Å²) in [4.78, 5) is 12.8. The van der Waals surface area contributed by atoms with Gasteiger partial charge in [0.2, 0.25) is 11.6 Å². The molecule has 0 spiro atoms. The number of hydrogen-bond acceptors (Lipinski definition) is 4. The van der Waals surface area contributed by atoms with Crippen LogP contribution in [0.25, 0.3) is 0 Å². The molecule has 2 aliphatic rings. The van der Waals surface area contributed by atoms with Gasteiger partial charge in [0, 0.05) is 0 Å². The van der Waals surface area contributed by atoms with E-state index in [-0.39, 0.29) is 36.6 Å². The molecule has 4 atom stereocenters. The molecular weight excluding hydrogens is 450 g/mol. The summed E-state index contributed by atoms with van der Waals surface area (Å²) < 4.78 is 44.4. The monoisotopic (exact) mass is 486 g/mol. The molecule has 6 heteroatoms. The van der Waals surface area contributed by atoms with Crippen LogP contribution in [0.4, 0.5) is 8.78 Å². The number of benzene rings is 2. The first-order chi connectivity index (χ1) is 17.0. The highest BCUT2D eigenvalue weighted by atomic mass is 19.2. The van der Waals surface area contributed by atoms with Crippen molar-refractivity contribution in [1.29, 1.82) is 0 Å². The lowest BCUT2D eigenvalue weighted by Gasteiger charge is -2.41. The molecule has 0 aliphatic heterocycles. The van der Waals surface area contributed by atoms with E-state index in [9.17, 15) is 13.6 Å². The van der Waals surface area contributed by atoms with Crippen molar-refractivity contribution in [2.75, 3.05) is 6.61 Å². The third-order valence-corrected chi connectivity index (χ3v) is 7.60. The largest absolute Gasteiger partial charge is 0.491 e. The first-order valence-corrected chi connectivity index (χ1v) is 13.0. The molecule has 2 aromatic rings. The van der Waals surface area contributed by atoms with Gasteiger partial charge in [0.05, 0.1) is 12.5 Å². The van der Waals surface area contributed by atoms with E-state index in [1.165, 1.54) is 44.2 Å². The lowest BCUT2D eigenvalue weighted by molar-refractivity contribution is -0.141. The van der Waals surface area contributed by atoms with Gasteiger partial charge in [-0.2, -0.15) is 8.78 Å². The molecule has 35 heavy (non-hydrogen) atoms. The van der Waals surface area contributed by atoms with Gasteiger partial charge in [0.15, 0.2) is 11.5 Å². The molecule has 0 N–H and O–H groups in total. The summed E-state index contributed by atoms with van der Waals surface area (Å²) in [5.41, 5.74) is 0.753. The van der Waals surface area contributed by atoms with E-state index in [1.54, 1.807) is 31.2 Å². The van der Waals surface area contributed by atoms with E-state index >= 15 is 0 Å². The molecular formula is C29H36F2O4. The third-order valence-electron chi connectivity index (χ3n) is 7.60. The lowest BCUT2D eigenvalue weighted by Crippen LogP contribution is -2.35. The molecule has 2 fully saturated rings. The molecule has 2 aliphatic carbocycles. The number of hydrogen-bond donors (Lipinski definition) is 0. The number of esters is 1. The summed E-state index contributed by atoms with van der Waals surface area (Å²) in [5.74, 6) is 0.170. The lowest BCUT2D eigenvalue weighted by atomic mass is 9.64. The van der Waals surface area contributed by atoms with E-state index < -0.39 is 11.6 Å². The highest BCUT2D eigenvalue weighted by molar-refractivity contribution is 5.75. The number of fused-ring (bicyclic) bond motifs is 1. The zero-order valence-electron chi connectivity index (χ0n) is 20.7. The summed E-state index contributed by atoms with van der Waals surface area (Å²) in [5, 5.41) is 0. The maximum absolute atomic E-state index is 14.2. The molecule has 0 amide bonds. The van der Waals surface area contributed by atoms with Crippen LogP contribution >= 0.6 is 0 Å². The van der Waals surface area contributed by atoms with Crippen LogP contribution in [0.5, 0.6) is 17.2 Å². The fraction of sp³-hybridized carbons (Fsp3) is 0.552. The first-order valence-electron chi connectivity index (χ1n) is 13.0. The minimum Gasteiger partial charge on any atom is -0.491 e. The fourth-order valence-corrected chi connectivity index (χ4v) is 5.78. The highest BCUT2D eigenvalue weighted by Crippen LogP contribution is 2.46. The van der Waals surface area contributed by atoms with E-state index in [2.05, 4.69) is 6.92 Å². The second kappa shape index (κ2) is 11.9. The summed E-state index contributed by atoms with van der Waals surface area (Å²) in [6.45, 7) is 4.27. The highest BCUT2D eigenvalue weighted by Gasteiger charge is 2.38. The van der Waals surface area contributed by atoms with E-state index in [0.29, 0.717) is 11.7 Å². The van der Waals surface area contributed by atoms with Crippen LogP contribution in [0.1, 0.15) is 70.8 Å². The number of ether oxygens (including phenoxy) is 3. The quantitative estimate of drug-likeness (QED) is 0.272. The van der Waals surface area contributed by atoms with Crippen molar-refractivity contribution in [3.63, 3.8) is 0 Å². The predicted molar refractivity (Wildman–Crippen MR) is 131 cm³/mol. The Morgan fingerprint density at radius 3 is 2.20 bits per heavy atom. The first kappa shape index (κ1) is 25.5. The SMILES string of the molecule is CCCC1CCC2CC(C(=O)Oc3ccc(COc4ccc(OCC)c(F)c4F)cc3)CCC2C1.